The smallest absolute Gasteiger partial charge is 0.124 e. The fraction of sp³-hybridized carbons (Fsp3) is 0.250. The predicted molar refractivity (Wildman–Crippen MR) is 79.1 cm³/mol. The standard InChI is InChI=1S/C16H19NO3/c1-11(15-8-7-14(20-2)9-16(15)19)17-13-5-3-12(10-18)4-6-13/h3-9,11,17-19H,10H2,1-2H3. The number of benzene rings is 2. The van der Waals surface area contributed by atoms with Gasteiger partial charge in [0.05, 0.1) is 19.8 Å². The van der Waals surface area contributed by atoms with Crippen LogP contribution in [0.15, 0.2) is 42.5 Å². The minimum atomic E-state index is -0.0408. The van der Waals surface area contributed by atoms with Gasteiger partial charge in [0.2, 0.25) is 0 Å². The molecule has 2 aromatic rings. The summed E-state index contributed by atoms with van der Waals surface area (Å²) in [7, 11) is 1.57. The topological polar surface area (TPSA) is 61.7 Å². The maximum atomic E-state index is 10.0. The fourth-order valence-electron chi connectivity index (χ4n) is 2.05. The van der Waals surface area contributed by atoms with Crippen LogP contribution >= 0.6 is 0 Å². The normalized spacial score (nSPS) is 11.9. The second-order valence-corrected chi connectivity index (χ2v) is 4.65. The third kappa shape index (κ3) is 3.22. The van der Waals surface area contributed by atoms with Gasteiger partial charge >= 0.3 is 0 Å². The molecular weight excluding hydrogens is 254 g/mol. The van der Waals surface area contributed by atoms with Gasteiger partial charge in [-0.15, -0.1) is 0 Å². The Kier molecular flexibility index (Phi) is 4.48. The van der Waals surface area contributed by atoms with Gasteiger partial charge in [0, 0.05) is 17.3 Å². The van der Waals surface area contributed by atoms with E-state index < -0.39 is 0 Å². The van der Waals surface area contributed by atoms with Crippen LogP contribution in [0.3, 0.4) is 0 Å². The Bertz CT molecular complexity index is 566. The van der Waals surface area contributed by atoms with E-state index in [1.807, 2.05) is 43.3 Å². The highest BCUT2D eigenvalue weighted by atomic mass is 16.5. The van der Waals surface area contributed by atoms with Crippen molar-refractivity contribution >= 4 is 5.69 Å². The van der Waals surface area contributed by atoms with Crippen molar-refractivity contribution in [3.05, 3.63) is 53.6 Å². The Morgan fingerprint density at radius 1 is 1.15 bits per heavy atom. The van der Waals surface area contributed by atoms with Crippen molar-refractivity contribution in [3.63, 3.8) is 0 Å². The van der Waals surface area contributed by atoms with Gasteiger partial charge < -0.3 is 20.3 Å². The number of methoxy groups -OCH3 is 1. The van der Waals surface area contributed by atoms with E-state index in [1.54, 1.807) is 13.2 Å². The maximum Gasteiger partial charge on any atom is 0.124 e. The van der Waals surface area contributed by atoms with Gasteiger partial charge in [0.15, 0.2) is 0 Å². The van der Waals surface area contributed by atoms with Gasteiger partial charge in [-0.2, -0.15) is 0 Å². The SMILES string of the molecule is COc1ccc(C(C)Nc2ccc(CO)cc2)c(O)c1. The van der Waals surface area contributed by atoms with Crippen LogP contribution in [0.25, 0.3) is 0 Å². The van der Waals surface area contributed by atoms with Crippen LogP contribution in [0.1, 0.15) is 24.1 Å². The molecule has 4 heteroatoms. The average molecular weight is 273 g/mol. The van der Waals surface area contributed by atoms with Crippen LogP contribution in [-0.4, -0.2) is 17.3 Å². The minimum absolute atomic E-state index is 0.0368. The molecule has 0 heterocycles. The quantitative estimate of drug-likeness (QED) is 0.783. The number of phenolic OH excluding ortho intramolecular Hbond substituents is 1. The third-order valence-electron chi connectivity index (χ3n) is 3.22. The zero-order valence-corrected chi connectivity index (χ0v) is 11.6. The summed E-state index contributed by atoms with van der Waals surface area (Å²) in [5, 5.41) is 22.3. The van der Waals surface area contributed by atoms with Crippen molar-refractivity contribution < 1.29 is 14.9 Å². The lowest BCUT2D eigenvalue weighted by atomic mass is 10.1. The van der Waals surface area contributed by atoms with Crippen molar-refractivity contribution in [2.24, 2.45) is 0 Å². The fourth-order valence-corrected chi connectivity index (χ4v) is 2.05. The summed E-state index contributed by atoms with van der Waals surface area (Å²) in [6, 6.07) is 12.8. The Hall–Kier alpha value is -2.20. The van der Waals surface area contributed by atoms with Crippen LogP contribution < -0.4 is 10.1 Å². The van der Waals surface area contributed by atoms with E-state index in [4.69, 9.17) is 9.84 Å². The molecule has 4 nitrogen and oxygen atoms in total. The van der Waals surface area contributed by atoms with Crippen LogP contribution in [0.4, 0.5) is 5.69 Å². The number of aromatic hydroxyl groups is 1. The largest absolute Gasteiger partial charge is 0.507 e. The highest BCUT2D eigenvalue weighted by Gasteiger charge is 2.11. The van der Waals surface area contributed by atoms with Crippen LogP contribution in [0.2, 0.25) is 0 Å². The van der Waals surface area contributed by atoms with Crippen LogP contribution in [-0.2, 0) is 6.61 Å². The van der Waals surface area contributed by atoms with Crippen molar-refractivity contribution in [2.75, 3.05) is 12.4 Å². The third-order valence-corrected chi connectivity index (χ3v) is 3.22. The van der Waals surface area contributed by atoms with Gasteiger partial charge in [-0.05, 0) is 36.8 Å². The molecule has 0 bridgehead atoms. The molecule has 0 spiro atoms. The minimum Gasteiger partial charge on any atom is -0.507 e. The monoisotopic (exact) mass is 273 g/mol. The summed E-state index contributed by atoms with van der Waals surface area (Å²) in [4.78, 5) is 0. The molecule has 0 saturated carbocycles. The number of aliphatic hydroxyl groups excluding tert-OH is 1. The molecule has 0 aliphatic heterocycles. The number of ether oxygens (including phenoxy) is 1. The average Bonchev–Trinajstić information content (AvgIpc) is 2.47. The Labute approximate surface area is 118 Å². The van der Waals surface area contributed by atoms with Crippen molar-refractivity contribution in [2.45, 2.75) is 19.6 Å². The number of phenols is 1. The molecule has 2 aromatic carbocycles. The number of hydrogen-bond donors (Lipinski definition) is 3. The Morgan fingerprint density at radius 3 is 2.40 bits per heavy atom. The summed E-state index contributed by atoms with van der Waals surface area (Å²) >= 11 is 0. The second kappa shape index (κ2) is 6.30. The molecule has 0 aliphatic carbocycles. The number of hydrogen-bond acceptors (Lipinski definition) is 4. The molecule has 1 atom stereocenters. The zero-order chi connectivity index (χ0) is 14.5. The molecule has 2 rings (SSSR count). The van der Waals surface area contributed by atoms with E-state index in [0.717, 1.165) is 16.8 Å². The zero-order valence-electron chi connectivity index (χ0n) is 11.6. The first-order chi connectivity index (χ1) is 9.63. The highest BCUT2D eigenvalue weighted by Crippen LogP contribution is 2.30. The van der Waals surface area contributed by atoms with E-state index in [-0.39, 0.29) is 18.4 Å². The molecule has 0 amide bonds. The number of rotatable bonds is 5. The second-order valence-electron chi connectivity index (χ2n) is 4.65. The first-order valence-electron chi connectivity index (χ1n) is 6.47. The first-order valence-corrected chi connectivity index (χ1v) is 6.47. The lowest BCUT2D eigenvalue weighted by Crippen LogP contribution is -2.07. The van der Waals surface area contributed by atoms with Crippen molar-refractivity contribution in [1.82, 2.24) is 0 Å². The molecule has 0 saturated heterocycles. The number of anilines is 1. The van der Waals surface area contributed by atoms with E-state index in [9.17, 15) is 5.11 Å². The van der Waals surface area contributed by atoms with Crippen molar-refractivity contribution in [3.8, 4) is 11.5 Å². The first kappa shape index (κ1) is 14.2. The van der Waals surface area contributed by atoms with E-state index in [0.29, 0.717) is 5.75 Å². The summed E-state index contributed by atoms with van der Waals surface area (Å²) in [6.07, 6.45) is 0. The van der Waals surface area contributed by atoms with Crippen molar-refractivity contribution in [1.29, 1.82) is 0 Å². The molecule has 3 N–H and O–H groups in total. The molecule has 1 unspecified atom stereocenters. The van der Waals surface area contributed by atoms with Gasteiger partial charge in [-0.25, -0.2) is 0 Å². The summed E-state index contributed by atoms with van der Waals surface area (Å²) in [5.41, 5.74) is 2.61. The lowest BCUT2D eigenvalue weighted by Gasteiger charge is -2.17. The molecule has 106 valence electrons. The molecular formula is C16H19NO3. The van der Waals surface area contributed by atoms with E-state index in [2.05, 4.69) is 5.32 Å². The Morgan fingerprint density at radius 2 is 1.85 bits per heavy atom. The molecule has 0 fully saturated rings. The predicted octanol–water partition coefficient (Wildman–Crippen LogP) is 3.07. The van der Waals surface area contributed by atoms with Crippen LogP contribution in [0, 0.1) is 0 Å². The van der Waals surface area contributed by atoms with Gasteiger partial charge in [-0.3, -0.25) is 0 Å². The van der Waals surface area contributed by atoms with E-state index >= 15 is 0 Å². The molecule has 0 aromatic heterocycles. The summed E-state index contributed by atoms with van der Waals surface area (Å²) in [6.45, 7) is 2.01. The van der Waals surface area contributed by atoms with E-state index in [1.165, 1.54) is 0 Å². The van der Waals surface area contributed by atoms with Gasteiger partial charge in [-0.1, -0.05) is 12.1 Å². The van der Waals surface area contributed by atoms with Gasteiger partial charge in [0.25, 0.3) is 0 Å². The van der Waals surface area contributed by atoms with Crippen LogP contribution in [0.5, 0.6) is 11.5 Å². The molecule has 20 heavy (non-hydrogen) atoms. The highest BCUT2D eigenvalue weighted by molar-refractivity contribution is 5.49. The Balaban J connectivity index is 2.12. The summed E-state index contributed by atoms with van der Waals surface area (Å²) in [5.74, 6) is 0.835. The number of aliphatic hydroxyl groups is 1. The maximum absolute atomic E-state index is 10.0. The molecule has 0 radical (unpaired) electrons. The summed E-state index contributed by atoms with van der Waals surface area (Å²) < 4.78 is 5.07. The molecule has 0 aliphatic rings. The van der Waals surface area contributed by atoms with Gasteiger partial charge in [0.1, 0.15) is 11.5 Å². The number of nitrogens with one attached hydrogen (secondary N) is 1. The lowest BCUT2D eigenvalue weighted by molar-refractivity contribution is 0.282.